The van der Waals surface area contributed by atoms with Gasteiger partial charge in [0.25, 0.3) is 5.91 Å². The summed E-state index contributed by atoms with van der Waals surface area (Å²) in [4.78, 5) is 21.8. The maximum atomic E-state index is 12.3. The Morgan fingerprint density at radius 1 is 1.00 bits per heavy atom. The molecule has 6 nitrogen and oxygen atoms in total. The van der Waals surface area contributed by atoms with Crippen LogP contribution in [0, 0.1) is 0 Å². The van der Waals surface area contributed by atoms with Crippen LogP contribution >= 0.6 is 22.7 Å². The number of aromatic nitrogens is 2. The number of hydrogen-bond acceptors (Lipinski definition) is 7. The summed E-state index contributed by atoms with van der Waals surface area (Å²) < 4.78 is 0. The minimum Gasteiger partial charge on any atom is -0.382 e. The van der Waals surface area contributed by atoms with Gasteiger partial charge in [-0.05, 0) is 24.3 Å². The molecule has 2 heterocycles. The zero-order valence-electron chi connectivity index (χ0n) is 14.0. The summed E-state index contributed by atoms with van der Waals surface area (Å²) in [5.41, 5.74) is 14.6. The van der Waals surface area contributed by atoms with Crippen molar-refractivity contribution in [2.24, 2.45) is 0 Å². The van der Waals surface area contributed by atoms with Crippen LogP contribution in [-0.2, 0) is 0 Å². The van der Waals surface area contributed by atoms with E-state index in [4.69, 9.17) is 11.5 Å². The molecule has 1 amide bonds. The molecule has 0 saturated heterocycles. The van der Waals surface area contributed by atoms with Gasteiger partial charge in [0.05, 0.1) is 5.69 Å². The van der Waals surface area contributed by atoms with Crippen molar-refractivity contribution in [1.29, 1.82) is 0 Å². The van der Waals surface area contributed by atoms with E-state index < -0.39 is 0 Å². The van der Waals surface area contributed by atoms with E-state index in [1.54, 1.807) is 12.1 Å². The normalized spacial score (nSPS) is 10.7. The molecule has 0 unspecified atom stereocenters. The molecule has 2 aromatic heterocycles. The summed E-state index contributed by atoms with van der Waals surface area (Å²) in [6.07, 6.45) is 0. The van der Waals surface area contributed by atoms with Gasteiger partial charge in [-0.15, -0.1) is 11.3 Å². The van der Waals surface area contributed by atoms with Crippen molar-refractivity contribution < 1.29 is 4.79 Å². The van der Waals surface area contributed by atoms with Crippen molar-refractivity contribution in [3.8, 4) is 21.1 Å². The molecule has 0 aliphatic rings. The molecule has 0 radical (unpaired) electrons. The molecule has 4 rings (SSSR count). The quantitative estimate of drug-likeness (QED) is 0.478. The van der Waals surface area contributed by atoms with Gasteiger partial charge >= 0.3 is 0 Å². The molecule has 0 aliphatic heterocycles. The van der Waals surface area contributed by atoms with E-state index in [1.165, 1.54) is 22.7 Å². The van der Waals surface area contributed by atoms with Crippen LogP contribution in [0.25, 0.3) is 21.1 Å². The van der Waals surface area contributed by atoms with Gasteiger partial charge in [0, 0.05) is 22.2 Å². The summed E-state index contributed by atoms with van der Waals surface area (Å²) >= 11 is 2.80. The first-order chi connectivity index (χ1) is 13.1. The number of carbonyl (C=O) groups is 1. The fourth-order valence-electron chi connectivity index (χ4n) is 2.56. The van der Waals surface area contributed by atoms with Crippen LogP contribution in [0.2, 0.25) is 0 Å². The van der Waals surface area contributed by atoms with Crippen molar-refractivity contribution in [2.45, 2.75) is 0 Å². The van der Waals surface area contributed by atoms with Crippen molar-refractivity contribution in [2.75, 3.05) is 16.8 Å². The average molecular weight is 393 g/mol. The molecule has 0 aliphatic carbocycles. The summed E-state index contributed by atoms with van der Waals surface area (Å²) in [5.74, 6) is 0.238. The zero-order chi connectivity index (χ0) is 18.8. The number of nitrogens with two attached hydrogens (primary N) is 2. The van der Waals surface area contributed by atoms with E-state index >= 15 is 0 Å². The molecule has 4 aromatic rings. The number of nitrogens with one attached hydrogen (secondary N) is 1. The smallest absolute Gasteiger partial charge is 0.255 e. The molecule has 0 bridgehead atoms. The third kappa shape index (κ3) is 3.67. The highest BCUT2D eigenvalue weighted by Gasteiger charge is 2.14. The van der Waals surface area contributed by atoms with Crippen molar-refractivity contribution in [3.63, 3.8) is 0 Å². The van der Waals surface area contributed by atoms with Crippen LogP contribution in [0.15, 0.2) is 60.0 Å². The second-order valence-electron chi connectivity index (χ2n) is 5.71. The largest absolute Gasteiger partial charge is 0.382 e. The first-order valence-corrected chi connectivity index (χ1v) is 9.74. The molecule has 0 atom stereocenters. The Balaban J connectivity index is 1.58. The van der Waals surface area contributed by atoms with Crippen molar-refractivity contribution in [3.05, 3.63) is 65.5 Å². The van der Waals surface area contributed by atoms with Crippen LogP contribution in [0.3, 0.4) is 0 Å². The van der Waals surface area contributed by atoms with Gasteiger partial charge in [-0.1, -0.05) is 41.7 Å². The van der Waals surface area contributed by atoms with Crippen LogP contribution < -0.4 is 16.8 Å². The fraction of sp³-hybridized carbons (Fsp3) is 0. The summed E-state index contributed by atoms with van der Waals surface area (Å²) in [6.45, 7) is 0. The second kappa shape index (κ2) is 7.18. The lowest BCUT2D eigenvalue weighted by molar-refractivity contribution is 0.102. The number of anilines is 3. The monoisotopic (exact) mass is 393 g/mol. The highest BCUT2D eigenvalue weighted by atomic mass is 32.1. The van der Waals surface area contributed by atoms with Gasteiger partial charge in [0.15, 0.2) is 5.13 Å². The van der Waals surface area contributed by atoms with E-state index in [2.05, 4.69) is 15.3 Å². The molecule has 5 N–H and O–H groups in total. The molecule has 2 aromatic carbocycles. The summed E-state index contributed by atoms with van der Waals surface area (Å²) in [5, 5.41) is 6.05. The molecular formula is C19H15N5OS2. The summed E-state index contributed by atoms with van der Waals surface area (Å²) in [7, 11) is 0. The van der Waals surface area contributed by atoms with Crippen molar-refractivity contribution >= 4 is 45.2 Å². The Bertz CT molecular complexity index is 1100. The average Bonchev–Trinajstić information content (AvgIpc) is 3.29. The fourth-order valence-corrected chi connectivity index (χ4v) is 4.24. The number of benzene rings is 2. The number of nitrogen functional groups attached to an aromatic ring is 2. The lowest BCUT2D eigenvalue weighted by Gasteiger charge is -2.06. The predicted octanol–water partition coefficient (Wildman–Crippen LogP) is 4.35. The Kier molecular flexibility index (Phi) is 4.57. The van der Waals surface area contributed by atoms with E-state index in [0.717, 1.165) is 21.1 Å². The van der Waals surface area contributed by atoms with Gasteiger partial charge in [-0.25, -0.2) is 9.97 Å². The molecule has 0 saturated carbocycles. The van der Waals surface area contributed by atoms with Gasteiger partial charge < -0.3 is 16.8 Å². The van der Waals surface area contributed by atoms with Gasteiger partial charge in [0.2, 0.25) is 0 Å². The van der Waals surface area contributed by atoms with E-state index in [-0.39, 0.29) is 5.91 Å². The van der Waals surface area contributed by atoms with E-state index in [1.807, 2.05) is 47.8 Å². The SMILES string of the molecule is Nc1nc(N)c(-c2nc(-c3cccc(NC(=O)c4ccccc4)c3)cs2)s1. The van der Waals surface area contributed by atoms with E-state index in [0.29, 0.717) is 22.2 Å². The number of thiazole rings is 2. The highest BCUT2D eigenvalue weighted by Crippen LogP contribution is 2.37. The molecule has 134 valence electrons. The van der Waals surface area contributed by atoms with Crippen LogP contribution in [-0.4, -0.2) is 15.9 Å². The van der Waals surface area contributed by atoms with Crippen LogP contribution in [0.1, 0.15) is 10.4 Å². The minimum absolute atomic E-state index is 0.153. The second-order valence-corrected chi connectivity index (χ2v) is 7.59. The Morgan fingerprint density at radius 3 is 2.56 bits per heavy atom. The van der Waals surface area contributed by atoms with Crippen LogP contribution in [0.5, 0.6) is 0 Å². The number of nitrogens with zero attached hydrogens (tertiary/aromatic N) is 2. The first kappa shape index (κ1) is 17.2. The lowest BCUT2D eigenvalue weighted by Crippen LogP contribution is -2.11. The minimum atomic E-state index is -0.153. The third-order valence-corrected chi connectivity index (χ3v) is 5.72. The number of amides is 1. The van der Waals surface area contributed by atoms with Gasteiger partial charge in [-0.3, -0.25) is 4.79 Å². The van der Waals surface area contributed by atoms with Gasteiger partial charge in [-0.2, -0.15) is 0 Å². The maximum absolute atomic E-state index is 12.3. The molecule has 8 heteroatoms. The predicted molar refractivity (Wildman–Crippen MR) is 112 cm³/mol. The number of rotatable bonds is 4. The Hall–Kier alpha value is -3.23. The Labute approximate surface area is 163 Å². The van der Waals surface area contributed by atoms with Crippen molar-refractivity contribution in [1.82, 2.24) is 9.97 Å². The standard InChI is InChI=1S/C19H15N5OS2/c20-16-15(27-19(21)24-16)18-23-14(10-26-18)12-7-4-8-13(9-12)22-17(25)11-5-2-1-3-6-11/h1-10H,20H2,(H2,21,24)(H,22,25). The zero-order valence-corrected chi connectivity index (χ0v) is 15.7. The number of hydrogen-bond donors (Lipinski definition) is 3. The molecular weight excluding hydrogens is 378 g/mol. The first-order valence-electron chi connectivity index (χ1n) is 8.04. The molecule has 0 spiro atoms. The topological polar surface area (TPSA) is 107 Å². The van der Waals surface area contributed by atoms with Gasteiger partial charge in [0.1, 0.15) is 15.7 Å². The van der Waals surface area contributed by atoms with Crippen LogP contribution in [0.4, 0.5) is 16.6 Å². The summed E-state index contributed by atoms with van der Waals surface area (Å²) in [6, 6.07) is 16.7. The third-order valence-electron chi connectivity index (χ3n) is 3.82. The maximum Gasteiger partial charge on any atom is 0.255 e. The van der Waals surface area contributed by atoms with E-state index in [9.17, 15) is 4.79 Å². The highest BCUT2D eigenvalue weighted by molar-refractivity contribution is 7.23. The number of carbonyl (C=O) groups excluding carboxylic acids is 1. The molecule has 27 heavy (non-hydrogen) atoms. The Morgan fingerprint density at radius 2 is 1.81 bits per heavy atom. The lowest BCUT2D eigenvalue weighted by atomic mass is 10.1. The molecule has 0 fully saturated rings.